The van der Waals surface area contributed by atoms with Crippen molar-refractivity contribution in [2.45, 2.75) is 20.8 Å². The Balaban J connectivity index is 1.55. The Bertz CT molecular complexity index is 1180. The van der Waals surface area contributed by atoms with Gasteiger partial charge in [-0.1, -0.05) is 24.3 Å². The van der Waals surface area contributed by atoms with Crippen LogP contribution < -0.4 is 10.1 Å². The molecule has 2 aromatic heterocycles. The van der Waals surface area contributed by atoms with Crippen molar-refractivity contribution in [1.82, 2.24) is 19.7 Å². The number of aryl methyl sites for hydroxylation is 3. The van der Waals surface area contributed by atoms with E-state index in [4.69, 9.17) is 4.74 Å². The number of benzene rings is 2. The number of hydrogen-bond acceptors (Lipinski definition) is 5. The second-order valence-corrected chi connectivity index (χ2v) is 6.97. The highest BCUT2D eigenvalue weighted by Gasteiger charge is 2.14. The average Bonchev–Trinajstić information content (AvgIpc) is 3.12. The number of carbonyl (C=O) groups excluding carboxylic acids is 1. The monoisotopic (exact) mass is 387 g/mol. The fraction of sp³-hybridized carbons (Fsp3) is 0.182. The van der Waals surface area contributed by atoms with E-state index in [1.807, 2.05) is 57.2 Å². The summed E-state index contributed by atoms with van der Waals surface area (Å²) in [6.07, 6.45) is 3.07. The van der Waals surface area contributed by atoms with E-state index in [1.54, 1.807) is 10.9 Å². The first-order chi connectivity index (χ1) is 14.0. The Morgan fingerprint density at radius 2 is 1.83 bits per heavy atom. The molecule has 4 aromatic rings. The number of rotatable bonds is 5. The van der Waals surface area contributed by atoms with Crippen molar-refractivity contribution in [2.24, 2.45) is 0 Å². The lowest BCUT2D eigenvalue weighted by molar-refractivity contribution is -0.118. The summed E-state index contributed by atoms with van der Waals surface area (Å²) in [5.41, 5.74) is 5.57. The van der Waals surface area contributed by atoms with E-state index in [9.17, 15) is 4.79 Å². The zero-order chi connectivity index (χ0) is 20.4. The molecule has 2 aromatic carbocycles. The molecule has 0 aliphatic rings. The van der Waals surface area contributed by atoms with Crippen molar-refractivity contribution < 1.29 is 9.53 Å². The van der Waals surface area contributed by atoms with E-state index in [-0.39, 0.29) is 12.5 Å². The van der Waals surface area contributed by atoms with Crippen molar-refractivity contribution in [3.05, 3.63) is 71.7 Å². The molecule has 146 valence electrons. The van der Waals surface area contributed by atoms with Gasteiger partial charge in [0.1, 0.15) is 11.7 Å². The van der Waals surface area contributed by atoms with E-state index in [2.05, 4.69) is 26.4 Å². The van der Waals surface area contributed by atoms with Gasteiger partial charge in [-0.25, -0.2) is 14.6 Å². The number of carbonyl (C=O) groups is 1. The first-order valence-electron chi connectivity index (χ1n) is 9.27. The molecule has 0 atom stereocenters. The Kier molecular flexibility index (Phi) is 4.95. The molecule has 1 N–H and O–H groups in total. The summed E-state index contributed by atoms with van der Waals surface area (Å²) in [6, 6.07) is 13.8. The van der Waals surface area contributed by atoms with Gasteiger partial charge in [-0.15, -0.1) is 0 Å². The lowest BCUT2D eigenvalue weighted by Gasteiger charge is -2.09. The summed E-state index contributed by atoms with van der Waals surface area (Å²) in [5, 5.41) is 7.94. The number of amides is 1. The largest absolute Gasteiger partial charge is 0.467 e. The quantitative estimate of drug-likeness (QED) is 0.564. The number of hydrogen-bond donors (Lipinski definition) is 1. The van der Waals surface area contributed by atoms with Crippen molar-refractivity contribution in [2.75, 3.05) is 11.9 Å². The Hall–Kier alpha value is -3.74. The highest BCUT2D eigenvalue weighted by atomic mass is 16.5. The van der Waals surface area contributed by atoms with Crippen LogP contribution in [0.15, 0.2) is 55.0 Å². The van der Waals surface area contributed by atoms with Crippen LogP contribution in [-0.2, 0) is 4.79 Å². The Morgan fingerprint density at radius 1 is 1.07 bits per heavy atom. The van der Waals surface area contributed by atoms with Gasteiger partial charge < -0.3 is 10.1 Å². The molecule has 0 fully saturated rings. The second kappa shape index (κ2) is 7.71. The smallest absolute Gasteiger partial charge is 0.262 e. The van der Waals surface area contributed by atoms with Crippen LogP contribution in [0.3, 0.4) is 0 Å². The molecular formula is C22H21N5O2. The molecule has 29 heavy (non-hydrogen) atoms. The predicted molar refractivity (Wildman–Crippen MR) is 111 cm³/mol. The minimum atomic E-state index is -0.257. The number of nitrogens with zero attached hydrogens (tertiary/aromatic N) is 4. The van der Waals surface area contributed by atoms with E-state index in [0.29, 0.717) is 16.9 Å². The number of para-hydroxylation sites is 1. The number of anilines is 1. The minimum Gasteiger partial charge on any atom is -0.467 e. The van der Waals surface area contributed by atoms with Gasteiger partial charge >= 0.3 is 0 Å². The van der Waals surface area contributed by atoms with Gasteiger partial charge in [0.2, 0.25) is 5.88 Å². The number of ether oxygens (including phenoxy) is 1. The van der Waals surface area contributed by atoms with Crippen molar-refractivity contribution in [3.8, 4) is 11.6 Å². The molecule has 4 rings (SSSR count). The van der Waals surface area contributed by atoms with Gasteiger partial charge in [0.15, 0.2) is 12.3 Å². The minimum absolute atomic E-state index is 0.158. The number of nitrogens with one attached hydrogen (secondary N) is 1. The third-order valence-electron chi connectivity index (χ3n) is 4.54. The predicted octanol–water partition coefficient (Wildman–Crippen LogP) is 3.76. The maximum absolute atomic E-state index is 12.3. The molecule has 0 bridgehead atoms. The second-order valence-electron chi connectivity index (χ2n) is 6.97. The van der Waals surface area contributed by atoms with Crippen LogP contribution in [0.1, 0.15) is 16.7 Å². The highest BCUT2D eigenvalue weighted by molar-refractivity contribution is 5.93. The molecule has 0 aliphatic heterocycles. The Labute approximate surface area is 168 Å². The zero-order valence-corrected chi connectivity index (χ0v) is 16.5. The standard InChI is InChI=1S/C22H21N5O2/c1-14-8-15(2)10-17(9-14)27-21-18(11-25-27)22(24-13-23-21)29-12-20(28)26-19-7-5-4-6-16(19)3/h4-11,13H,12H2,1-3H3,(H,26,28). The Morgan fingerprint density at radius 3 is 2.59 bits per heavy atom. The van der Waals surface area contributed by atoms with E-state index in [1.165, 1.54) is 6.33 Å². The molecule has 1 amide bonds. The molecule has 0 aliphatic carbocycles. The van der Waals surface area contributed by atoms with Crippen LogP contribution in [0.25, 0.3) is 16.7 Å². The van der Waals surface area contributed by atoms with E-state index in [0.717, 1.165) is 28.1 Å². The average molecular weight is 387 g/mol. The van der Waals surface area contributed by atoms with Gasteiger partial charge in [-0.05, 0) is 55.7 Å². The summed E-state index contributed by atoms with van der Waals surface area (Å²) >= 11 is 0. The van der Waals surface area contributed by atoms with Gasteiger partial charge in [0, 0.05) is 5.69 Å². The van der Waals surface area contributed by atoms with Crippen molar-refractivity contribution in [3.63, 3.8) is 0 Å². The van der Waals surface area contributed by atoms with E-state index < -0.39 is 0 Å². The highest BCUT2D eigenvalue weighted by Crippen LogP contribution is 2.24. The van der Waals surface area contributed by atoms with Crippen molar-refractivity contribution >= 4 is 22.6 Å². The third kappa shape index (κ3) is 3.94. The molecule has 0 spiro atoms. The molecule has 0 unspecified atom stereocenters. The summed E-state index contributed by atoms with van der Waals surface area (Å²) in [5.74, 6) is 0.0679. The molecular weight excluding hydrogens is 366 g/mol. The third-order valence-corrected chi connectivity index (χ3v) is 4.54. The number of aromatic nitrogens is 4. The summed E-state index contributed by atoms with van der Waals surface area (Å²) in [4.78, 5) is 20.8. The van der Waals surface area contributed by atoms with Gasteiger partial charge in [0.25, 0.3) is 5.91 Å². The van der Waals surface area contributed by atoms with Crippen LogP contribution in [-0.4, -0.2) is 32.3 Å². The molecule has 0 radical (unpaired) electrons. The van der Waals surface area contributed by atoms with Crippen LogP contribution in [0.5, 0.6) is 5.88 Å². The van der Waals surface area contributed by atoms with Gasteiger partial charge in [-0.2, -0.15) is 5.10 Å². The topological polar surface area (TPSA) is 81.9 Å². The van der Waals surface area contributed by atoms with Crippen LogP contribution >= 0.6 is 0 Å². The fourth-order valence-electron chi connectivity index (χ4n) is 3.23. The first kappa shape index (κ1) is 18.6. The summed E-state index contributed by atoms with van der Waals surface area (Å²) in [7, 11) is 0. The number of fused-ring (bicyclic) bond motifs is 1. The van der Waals surface area contributed by atoms with Gasteiger partial charge in [-0.3, -0.25) is 4.79 Å². The fourth-order valence-corrected chi connectivity index (χ4v) is 3.23. The maximum Gasteiger partial charge on any atom is 0.262 e. The zero-order valence-electron chi connectivity index (χ0n) is 16.5. The molecule has 7 heteroatoms. The van der Waals surface area contributed by atoms with Crippen LogP contribution in [0.2, 0.25) is 0 Å². The lowest BCUT2D eigenvalue weighted by Crippen LogP contribution is -2.21. The SMILES string of the molecule is Cc1cc(C)cc(-n2ncc3c(OCC(=O)Nc4ccccc4C)ncnc32)c1. The first-order valence-corrected chi connectivity index (χ1v) is 9.27. The van der Waals surface area contributed by atoms with Crippen LogP contribution in [0.4, 0.5) is 5.69 Å². The normalized spacial score (nSPS) is 10.9. The molecule has 0 saturated carbocycles. The maximum atomic E-state index is 12.3. The van der Waals surface area contributed by atoms with Crippen LogP contribution in [0, 0.1) is 20.8 Å². The molecule has 0 saturated heterocycles. The lowest BCUT2D eigenvalue weighted by atomic mass is 10.1. The van der Waals surface area contributed by atoms with Crippen molar-refractivity contribution in [1.29, 1.82) is 0 Å². The summed E-state index contributed by atoms with van der Waals surface area (Å²) in [6.45, 7) is 5.86. The molecule has 7 nitrogen and oxygen atoms in total. The van der Waals surface area contributed by atoms with Gasteiger partial charge in [0.05, 0.1) is 11.9 Å². The van der Waals surface area contributed by atoms with E-state index >= 15 is 0 Å². The molecule has 2 heterocycles. The summed E-state index contributed by atoms with van der Waals surface area (Å²) < 4.78 is 7.42.